The van der Waals surface area contributed by atoms with Crippen molar-refractivity contribution in [3.05, 3.63) is 41.9 Å². The monoisotopic (exact) mass is 377 g/mol. The summed E-state index contributed by atoms with van der Waals surface area (Å²) in [6, 6.07) is 8.28. The van der Waals surface area contributed by atoms with E-state index < -0.39 is 0 Å². The zero-order valence-corrected chi connectivity index (χ0v) is 16.1. The van der Waals surface area contributed by atoms with Gasteiger partial charge in [0.15, 0.2) is 5.82 Å². The number of hydrogen-bond acceptors (Lipinski definition) is 4. The van der Waals surface area contributed by atoms with Gasteiger partial charge in [0.05, 0.1) is 0 Å². The van der Waals surface area contributed by atoms with Gasteiger partial charge in [-0.25, -0.2) is 9.18 Å². The van der Waals surface area contributed by atoms with Gasteiger partial charge in [-0.1, -0.05) is 25.1 Å². The SMILES string of the molecule is Cc1cc(NC(=O)N2CCC(C(C)(C)Sc3cccc(F)c3)CC2)no1. The summed E-state index contributed by atoms with van der Waals surface area (Å²) in [6.45, 7) is 7.57. The molecule has 0 bridgehead atoms. The largest absolute Gasteiger partial charge is 0.360 e. The maximum atomic E-state index is 13.4. The summed E-state index contributed by atoms with van der Waals surface area (Å²) in [7, 11) is 0. The highest BCUT2D eigenvalue weighted by molar-refractivity contribution is 8.00. The average Bonchev–Trinajstić information content (AvgIpc) is 2.99. The lowest BCUT2D eigenvalue weighted by molar-refractivity contribution is 0.173. The number of halogens is 1. The molecule has 2 amide bonds. The van der Waals surface area contributed by atoms with E-state index in [1.54, 1.807) is 36.9 Å². The van der Waals surface area contributed by atoms with Crippen LogP contribution in [0.4, 0.5) is 15.0 Å². The van der Waals surface area contributed by atoms with Crippen molar-refractivity contribution in [2.24, 2.45) is 5.92 Å². The van der Waals surface area contributed by atoms with E-state index >= 15 is 0 Å². The predicted molar refractivity (Wildman–Crippen MR) is 101 cm³/mol. The van der Waals surface area contributed by atoms with E-state index in [2.05, 4.69) is 24.3 Å². The summed E-state index contributed by atoms with van der Waals surface area (Å²) in [4.78, 5) is 15.1. The molecule has 2 heterocycles. The predicted octanol–water partition coefficient (Wildman–Crippen LogP) is 4.94. The molecule has 1 aliphatic heterocycles. The standard InChI is InChI=1S/C19H24FN3O2S/c1-13-11-17(22-25-13)21-18(24)23-9-7-14(8-10-23)19(2,3)26-16-6-4-5-15(20)12-16/h4-6,11-12,14H,7-10H2,1-3H3,(H,21,22,24). The van der Waals surface area contributed by atoms with Gasteiger partial charge in [0, 0.05) is 28.8 Å². The molecule has 1 N–H and O–H groups in total. The summed E-state index contributed by atoms with van der Waals surface area (Å²) >= 11 is 1.70. The number of rotatable bonds is 4. The van der Waals surface area contributed by atoms with Crippen LogP contribution in [0, 0.1) is 18.7 Å². The maximum absolute atomic E-state index is 13.4. The Hall–Kier alpha value is -2.02. The molecular weight excluding hydrogens is 353 g/mol. The number of hydrogen-bond donors (Lipinski definition) is 1. The van der Waals surface area contributed by atoms with E-state index in [4.69, 9.17) is 4.52 Å². The van der Waals surface area contributed by atoms with Crippen LogP contribution in [0.2, 0.25) is 0 Å². The van der Waals surface area contributed by atoms with Crippen molar-refractivity contribution >= 4 is 23.6 Å². The molecule has 1 fully saturated rings. The van der Waals surface area contributed by atoms with Crippen LogP contribution in [0.1, 0.15) is 32.4 Å². The van der Waals surface area contributed by atoms with E-state index in [1.807, 2.05) is 11.0 Å². The Kier molecular flexibility index (Phi) is 5.55. The highest BCUT2D eigenvalue weighted by Crippen LogP contribution is 2.42. The van der Waals surface area contributed by atoms with Crippen molar-refractivity contribution in [2.45, 2.75) is 43.3 Å². The minimum atomic E-state index is -0.208. The number of piperidine rings is 1. The Balaban J connectivity index is 1.54. The van der Waals surface area contributed by atoms with Gasteiger partial charge in [0.2, 0.25) is 0 Å². The highest BCUT2D eigenvalue weighted by atomic mass is 32.2. The maximum Gasteiger partial charge on any atom is 0.323 e. The molecule has 1 aliphatic rings. The van der Waals surface area contributed by atoms with Crippen LogP contribution >= 0.6 is 11.8 Å². The van der Waals surface area contributed by atoms with Gasteiger partial charge in [-0.2, -0.15) is 0 Å². The summed E-state index contributed by atoms with van der Waals surface area (Å²) in [6.07, 6.45) is 1.83. The lowest BCUT2D eigenvalue weighted by atomic mass is 9.86. The number of amides is 2. The number of urea groups is 1. The Morgan fingerprint density at radius 1 is 1.35 bits per heavy atom. The van der Waals surface area contributed by atoms with Gasteiger partial charge in [0.1, 0.15) is 11.6 Å². The zero-order chi connectivity index (χ0) is 18.7. The number of nitrogens with zero attached hydrogens (tertiary/aromatic N) is 2. The van der Waals surface area contributed by atoms with Crippen LogP contribution in [0.15, 0.2) is 39.8 Å². The number of benzene rings is 1. The van der Waals surface area contributed by atoms with Crippen LogP contribution in [-0.2, 0) is 0 Å². The van der Waals surface area contributed by atoms with Crippen molar-refractivity contribution < 1.29 is 13.7 Å². The fourth-order valence-electron chi connectivity index (χ4n) is 3.31. The van der Waals surface area contributed by atoms with Gasteiger partial charge in [0.25, 0.3) is 0 Å². The fourth-order valence-corrected chi connectivity index (χ4v) is 4.64. The second-order valence-corrected chi connectivity index (χ2v) is 8.90. The minimum Gasteiger partial charge on any atom is -0.360 e. The number of likely N-dealkylation sites (tertiary alicyclic amines) is 1. The first kappa shape index (κ1) is 18.8. The Morgan fingerprint density at radius 2 is 2.08 bits per heavy atom. The van der Waals surface area contributed by atoms with E-state index in [0.29, 0.717) is 30.6 Å². The van der Waals surface area contributed by atoms with Crippen LogP contribution in [0.25, 0.3) is 0 Å². The Labute approximate surface area is 157 Å². The first-order valence-electron chi connectivity index (χ1n) is 8.77. The van der Waals surface area contributed by atoms with E-state index in [0.717, 1.165) is 17.7 Å². The molecule has 1 aromatic heterocycles. The molecule has 0 radical (unpaired) electrons. The zero-order valence-electron chi connectivity index (χ0n) is 15.3. The van der Waals surface area contributed by atoms with Gasteiger partial charge in [-0.15, -0.1) is 11.8 Å². The molecule has 0 spiro atoms. The summed E-state index contributed by atoms with van der Waals surface area (Å²) < 4.78 is 18.4. The molecule has 3 rings (SSSR count). The molecule has 140 valence electrons. The van der Waals surface area contributed by atoms with E-state index in [1.165, 1.54) is 6.07 Å². The molecule has 1 aromatic carbocycles. The van der Waals surface area contributed by atoms with Gasteiger partial charge in [-0.05, 0) is 43.9 Å². The number of anilines is 1. The number of aromatic nitrogens is 1. The molecule has 5 nitrogen and oxygen atoms in total. The van der Waals surface area contributed by atoms with Crippen molar-refractivity contribution in [2.75, 3.05) is 18.4 Å². The molecule has 0 saturated carbocycles. The van der Waals surface area contributed by atoms with Crippen molar-refractivity contribution in [1.82, 2.24) is 10.1 Å². The number of nitrogens with one attached hydrogen (secondary N) is 1. The number of thioether (sulfide) groups is 1. The lowest BCUT2D eigenvalue weighted by Crippen LogP contribution is -2.44. The lowest BCUT2D eigenvalue weighted by Gasteiger charge is -2.40. The van der Waals surface area contributed by atoms with Crippen molar-refractivity contribution in [1.29, 1.82) is 0 Å². The van der Waals surface area contributed by atoms with Crippen LogP contribution in [0.3, 0.4) is 0 Å². The first-order chi connectivity index (χ1) is 12.3. The molecular formula is C19H24FN3O2S. The van der Waals surface area contributed by atoms with Crippen molar-refractivity contribution in [3.8, 4) is 0 Å². The third kappa shape index (κ3) is 4.58. The molecule has 26 heavy (non-hydrogen) atoms. The Morgan fingerprint density at radius 3 is 2.69 bits per heavy atom. The van der Waals surface area contributed by atoms with Gasteiger partial charge >= 0.3 is 6.03 Å². The average molecular weight is 377 g/mol. The third-order valence-electron chi connectivity index (χ3n) is 4.81. The van der Waals surface area contributed by atoms with Crippen molar-refractivity contribution in [3.63, 3.8) is 0 Å². The summed E-state index contributed by atoms with van der Waals surface area (Å²) in [5.74, 6) is 1.35. The molecule has 7 heteroatoms. The van der Waals surface area contributed by atoms with Gasteiger partial charge in [-0.3, -0.25) is 5.32 Å². The topological polar surface area (TPSA) is 58.4 Å². The summed E-state index contributed by atoms with van der Waals surface area (Å²) in [5.41, 5.74) is 0. The first-order valence-corrected chi connectivity index (χ1v) is 9.59. The fraction of sp³-hybridized carbons (Fsp3) is 0.474. The molecule has 1 saturated heterocycles. The molecule has 2 aromatic rings. The Bertz CT molecular complexity index is 770. The van der Waals surface area contributed by atoms with E-state index in [9.17, 15) is 9.18 Å². The molecule has 0 atom stereocenters. The second-order valence-electron chi connectivity index (χ2n) is 7.18. The molecule has 0 unspecified atom stereocenters. The highest BCUT2D eigenvalue weighted by Gasteiger charge is 2.34. The normalized spacial score (nSPS) is 15.9. The van der Waals surface area contributed by atoms with Crippen LogP contribution in [0.5, 0.6) is 0 Å². The second kappa shape index (κ2) is 7.70. The minimum absolute atomic E-state index is 0.0282. The molecule has 0 aliphatic carbocycles. The number of aryl methyl sites for hydroxylation is 1. The number of carbonyl (C=O) groups excluding carboxylic acids is 1. The van der Waals surface area contributed by atoms with Crippen LogP contribution < -0.4 is 5.32 Å². The smallest absolute Gasteiger partial charge is 0.323 e. The van der Waals surface area contributed by atoms with E-state index in [-0.39, 0.29) is 16.6 Å². The number of carbonyl (C=O) groups is 1. The van der Waals surface area contributed by atoms with Crippen LogP contribution in [-0.4, -0.2) is 33.9 Å². The van der Waals surface area contributed by atoms with Gasteiger partial charge < -0.3 is 9.42 Å². The summed E-state index contributed by atoms with van der Waals surface area (Å²) in [5, 5.41) is 6.56. The quantitative estimate of drug-likeness (QED) is 0.767. The third-order valence-corrected chi connectivity index (χ3v) is 6.15.